The van der Waals surface area contributed by atoms with Crippen molar-refractivity contribution in [2.24, 2.45) is 0 Å². The molecule has 0 spiro atoms. The van der Waals surface area contributed by atoms with Gasteiger partial charge in [0.25, 0.3) is 0 Å². The van der Waals surface area contributed by atoms with Crippen molar-refractivity contribution in [3.63, 3.8) is 0 Å². The Balaban J connectivity index is 1.60. The van der Waals surface area contributed by atoms with Crippen LogP contribution in [0.5, 0.6) is 0 Å². The minimum atomic E-state index is -0.441. The zero-order valence-electron chi connectivity index (χ0n) is 16.7. The van der Waals surface area contributed by atoms with Gasteiger partial charge < -0.3 is 14.6 Å². The minimum Gasteiger partial charge on any atom is -0.465 e. The number of aryl methyl sites for hydroxylation is 2. The Kier molecular flexibility index (Phi) is 6.39. The molecule has 3 aromatic rings. The molecule has 0 radical (unpaired) electrons. The van der Waals surface area contributed by atoms with Crippen molar-refractivity contribution in [1.29, 1.82) is 0 Å². The normalized spacial score (nSPS) is 10.6. The van der Waals surface area contributed by atoms with E-state index in [9.17, 15) is 9.59 Å². The first-order valence-electron chi connectivity index (χ1n) is 9.41. The third-order valence-corrected chi connectivity index (χ3v) is 4.67. The zero-order chi connectivity index (χ0) is 20.8. The van der Waals surface area contributed by atoms with E-state index in [-0.39, 0.29) is 12.3 Å². The lowest BCUT2D eigenvalue weighted by atomic mass is 10.1. The first-order chi connectivity index (χ1) is 14.0. The smallest absolute Gasteiger partial charge is 0.338 e. The maximum Gasteiger partial charge on any atom is 0.338 e. The lowest BCUT2D eigenvalue weighted by molar-refractivity contribution is -0.116. The zero-order valence-corrected chi connectivity index (χ0v) is 16.7. The molecule has 1 amide bonds. The lowest BCUT2D eigenvalue weighted by Gasteiger charge is -2.11. The maximum atomic E-state index is 12.3. The molecule has 1 N–H and O–H groups in total. The number of ether oxygens (including phenoxy) is 1. The second kappa shape index (κ2) is 9.14. The summed E-state index contributed by atoms with van der Waals surface area (Å²) < 4.78 is 10.0. The van der Waals surface area contributed by atoms with Crippen molar-refractivity contribution in [3.05, 3.63) is 65.0 Å². The van der Waals surface area contributed by atoms with Crippen LogP contribution in [-0.2, 0) is 22.4 Å². The summed E-state index contributed by atoms with van der Waals surface area (Å²) in [7, 11) is 1.32. The molecule has 2 aromatic carbocycles. The molecular formula is C22H23N3O4. The highest BCUT2D eigenvalue weighted by atomic mass is 16.5. The van der Waals surface area contributed by atoms with Gasteiger partial charge in [-0.25, -0.2) is 4.79 Å². The number of benzene rings is 2. The predicted octanol–water partition coefficient (Wildman–Crippen LogP) is 3.97. The van der Waals surface area contributed by atoms with E-state index >= 15 is 0 Å². The van der Waals surface area contributed by atoms with Crippen LogP contribution < -0.4 is 5.32 Å². The minimum absolute atomic E-state index is 0.179. The fraction of sp³-hybridized carbons (Fsp3) is 0.273. The largest absolute Gasteiger partial charge is 0.465 e. The summed E-state index contributed by atoms with van der Waals surface area (Å²) >= 11 is 0. The summed E-state index contributed by atoms with van der Waals surface area (Å²) in [5, 5.41) is 6.80. The van der Waals surface area contributed by atoms with Crippen molar-refractivity contribution in [2.45, 2.75) is 33.1 Å². The molecule has 0 saturated heterocycles. The van der Waals surface area contributed by atoms with Crippen LogP contribution in [0.3, 0.4) is 0 Å². The molecule has 0 atom stereocenters. The van der Waals surface area contributed by atoms with Crippen molar-refractivity contribution >= 4 is 17.6 Å². The molecule has 0 aliphatic carbocycles. The van der Waals surface area contributed by atoms with Gasteiger partial charge >= 0.3 is 5.97 Å². The number of esters is 1. The lowest BCUT2D eigenvalue weighted by Crippen LogP contribution is -2.15. The summed E-state index contributed by atoms with van der Waals surface area (Å²) in [6.45, 7) is 3.86. The molecule has 1 heterocycles. The average Bonchev–Trinajstić information content (AvgIpc) is 3.22. The van der Waals surface area contributed by atoms with E-state index in [0.717, 1.165) is 12.0 Å². The van der Waals surface area contributed by atoms with Gasteiger partial charge in [0.05, 0.1) is 12.7 Å². The topological polar surface area (TPSA) is 94.3 Å². The van der Waals surface area contributed by atoms with Crippen LogP contribution in [0.2, 0.25) is 0 Å². The third-order valence-electron chi connectivity index (χ3n) is 4.67. The van der Waals surface area contributed by atoms with Crippen molar-refractivity contribution in [3.8, 4) is 11.4 Å². The van der Waals surface area contributed by atoms with Gasteiger partial charge in [0.15, 0.2) is 0 Å². The van der Waals surface area contributed by atoms with E-state index in [2.05, 4.69) is 22.4 Å². The SMILES string of the molecule is CCc1ccc(-c2noc(CCC(=O)Nc3cccc(C(=O)OC)c3C)n2)cc1. The Morgan fingerprint density at radius 1 is 1.14 bits per heavy atom. The molecule has 0 bridgehead atoms. The molecule has 1 aromatic heterocycles. The highest BCUT2D eigenvalue weighted by Crippen LogP contribution is 2.21. The molecule has 0 fully saturated rings. The summed E-state index contributed by atoms with van der Waals surface area (Å²) in [4.78, 5) is 28.5. The first kappa shape index (κ1) is 20.3. The number of hydrogen-bond donors (Lipinski definition) is 1. The number of anilines is 1. The summed E-state index contributed by atoms with van der Waals surface area (Å²) in [6, 6.07) is 13.1. The van der Waals surface area contributed by atoms with Crippen molar-refractivity contribution in [1.82, 2.24) is 10.1 Å². The van der Waals surface area contributed by atoms with E-state index in [0.29, 0.717) is 35.0 Å². The molecule has 0 aliphatic heterocycles. The highest BCUT2D eigenvalue weighted by molar-refractivity contribution is 5.96. The highest BCUT2D eigenvalue weighted by Gasteiger charge is 2.15. The number of carbonyl (C=O) groups is 2. The molecule has 7 heteroatoms. The Morgan fingerprint density at radius 3 is 2.59 bits per heavy atom. The number of nitrogens with zero attached hydrogens (tertiary/aromatic N) is 2. The number of rotatable bonds is 7. The van der Waals surface area contributed by atoms with Crippen molar-refractivity contribution in [2.75, 3.05) is 12.4 Å². The molecular weight excluding hydrogens is 370 g/mol. The van der Waals surface area contributed by atoms with Crippen LogP contribution in [-0.4, -0.2) is 29.1 Å². The average molecular weight is 393 g/mol. The van der Waals surface area contributed by atoms with E-state index in [1.54, 1.807) is 25.1 Å². The Bertz CT molecular complexity index is 1010. The second-order valence-electron chi connectivity index (χ2n) is 6.58. The summed E-state index contributed by atoms with van der Waals surface area (Å²) in [5.74, 6) is 0.255. The first-order valence-corrected chi connectivity index (χ1v) is 9.41. The Labute approximate surface area is 169 Å². The standard InChI is InChI=1S/C22H23N3O4/c1-4-15-8-10-16(11-9-15)21-24-20(29-25-21)13-12-19(26)23-18-7-5-6-17(14(18)2)22(27)28-3/h5-11H,4,12-13H2,1-3H3,(H,23,26). The molecule has 150 valence electrons. The molecule has 29 heavy (non-hydrogen) atoms. The van der Waals surface area contributed by atoms with E-state index in [1.807, 2.05) is 24.3 Å². The fourth-order valence-electron chi connectivity index (χ4n) is 2.90. The number of hydrogen-bond acceptors (Lipinski definition) is 6. The number of carbonyl (C=O) groups excluding carboxylic acids is 2. The summed E-state index contributed by atoms with van der Waals surface area (Å²) in [6.07, 6.45) is 1.47. The third kappa shape index (κ3) is 4.87. The van der Waals surface area contributed by atoms with Crippen LogP contribution in [0.4, 0.5) is 5.69 Å². The van der Waals surface area contributed by atoms with Gasteiger partial charge in [-0.15, -0.1) is 0 Å². The summed E-state index contributed by atoms with van der Waals surface area (Å²) in [5.41, 5.74) is 3.75. The van der Waals surface area contributed by atoms with E-state index < -0.39 is 5.97 Å². The maximum absolute atomic E-state index is 12.3. The number of aromatic nitrogens is 2. The van der Waals surface area contributed by atoms with Gasteiger partial charge in [-0.05, 0) is 36.6 Å². The van der Waals surface area contributed by atoms with Crippen LogP contribution in [0.15, 0.2) is 47.0 Å². The van der Waals surface area contributed by atoms with Gasteiger partial charge in [0.2, 0.25) is 17.6 Å². The quantitative estimate of drug-likeness (QED) is 0.611. The van der Waals surface area contributed by atoms with Crippen LogP contribution in [0.1, 0.15) is 40.7 Å². The predicted molar refractivity (Wildman–Crippen MR) is 109 cm³/mol. The van der Waals surface area contributed by atoms with Crippen LogP contribution in [0.25, 0.3) is 11.4 Å². The van der Waals surface area contributed by atoms with Crippen molar-refractivity contribution < 1.29 is 18.8 Å². The fourth-order valence-corrected chi connectivity index (χ4v) is 2.90. The monoisotopic (exact) mass is 393 g/mol. The number of amides is 1. The Morgan fingerprint density at radius 2 is 1.90 bits per heavy atom. The van der Waals surface area contributed by atoms with E-state index in [1.165, 1.54) is 12.7 Å². The van der Waals surface area contributed by atoms with Gasteiger partial charge in [0.1, 0.15) is 0 Å². The molecule has 0 aliphatic rings. The molecule has 7 nitrogen and oxygen atoms in total. The molecule has 0 unspecified atom stereocenters. The Hall–Kier alpha value is -3.48. The van der Waals surface area contributed by atoms with Gasteiger partial charge in [-0.3, -0.25) is 4.79 Å². The number of methoxy groups -OCH3 is 1. The van der Waals surface area contributed by atoms with Gasteiger partial charge in [-0.1, -0.05) is 42.4 Å². The van der Waals surface area contributed by atoms with Crippen LogP contribution in [0, 0.1) is 6.92 Å². The van der Waals surface area contributed by atoms with Gasteiger partial charge in [-0.2, -0.15) is 4.98 Å². The van der Waals surface area contributed by atoms with Gasteiger partial charge in [0, 0.05) is 24.1 Å². The molecule has 3 rings (SSSR count). The van der Waals surface area contributed by atoms with E-state index in [4.69, 9.17) is 9.26 Å². The second-order valence-corrected chi connectivity index (χ2v) is 6.58. The van der Waals surface area contributed by atoms with Crippen LogP contribution >= 0.6 is 0 Å². The number of nitrogens with one attached hydrogen (secondary N) is 1. The molecule has 0 saturated carbocycles.